The summed E-state index contributed by atoms with van der Waals surface area (Å²) < 4.78 is 0. The molecule has 4 heteroatoms. The van der Waals surface area contributed by atoms with Crippen molar-refractivity contribution in [3.8, 4) is 5.75 Å². The first-order valence-corrected chi connectivity index (χ1v) is 5.00. The van der Waals surface area contributed by atoms with Crippen molar-refractivity contribution in [1.29, 1.82) is 0 Å². The molecule has 1 rings (SSSR count). The summed E-state index contributed by atoms with van der Waals surface area (Å²) in [5.74, 6) is 0.836. The quantitative estimate of drug-likeness (QED) is 0.666. The first-order chi connectivity index (χ1) is 6.81. The summed E-state index contributed by atoms with van der Waals surface area (Å²) in [5.41, 5.74) is 3.88. The smallest absolute Gasteiger partial charge is 0.147 e. The summed E-state index contributed by atoms with van der Waals surface area (Å²) in [6.45, 7) is 6.37. The van der Waals surface area contributed by atoms with Gasteiger partial charge in [-0.3, -0.25) is 0 Å². The lowest BCUT2D eigenvalue weighted by Gasteiger charge is -2.20. The van der Waals surface area contributed by atoms with Crippen molar-refractivity contribution in [3.05, 3.63) is 24.3 Å². The third kappa shape index (κ3) is 4.25. The zero-order valence-electron chi connectivity index (χ0n) is 9.49. The molecule has 1 aromatic rings. The minimum atomic E-state index is 0. The highest BCUT2D eigenvalue weighted by molar-refractivity contribution is 14.0. The van der Waals surface area contributed by atoms with Gasteiger partial charge in [0.2, 0.25) is 0 Å². The molecule has 0 bridgehead atoms. The van der Waals surface area contributed by atoms with E-state index in [0.29, 0.717) is 0 Å². The summed E-state index contributed by atoms with van der Waals surface area (Å²) in [4.78, 5) is 7.43. The highest BCUT2D eigenvalue weighted by atomic mass is 127. The van der Waals surface area contributed by atoms with Crippen LogP contribution in [0.3, 0.4) is 0 Å². The maximum absolute atomic E-state index is 5.14. The molecule has 0 radical (unpaired) electrons. The molecule has 86 valence electrons. The number of nitrogens with zero attached hydrogens (tertiary/aromatic N) is 1. The summed E-state index contributed by atoms with van der Waals surface area (Å²) in [6, 6.07) is 8.06. The Bertz CT molecular complexity index is 260. The van der Waals surface area contributed by atoms with E-state index < -0.39 is 0 Å². The van der Waals surface area contributed by atoms with Crippen molar-refractivity contribution < 1.29 is 4.84 Å². The average molecular weight is 322 g/mol. The minimum Gasteiger partial charge on any atom is -0.409 e. The zero-order chi connectivity index (χ0) is 10.4. The topological polar surface area (TPSA) is 24.5 Å². The van der Waals surface area contributed by atoms with Crippen molar-refractivity contribution in [1.82, 2.24) is 5.48 Å². The van der Waals surface area contributed by atoms with Gasteiger partial charge in [0.1, 0.15) is 5.75 Å². The Labute approximate surface area is 109 Å². The Hall–Kier alpha value is -0.490. The standard InChI is InChI=1S/C11H18N2O.HI/c1-4-13(5-2)10-6-8-11(9-7-10)14-12-3;/h6-9,12H,4-5H2,1-3H3;1H. The van der Waals surface area contributed by atoms with Gasteiger partial charge in [-0.2, -0.15) is 5.48 Å². The number of nitrogens with one attached hydrogen (secondary N) is 1. The maximum Gasteiger partial charge on any atom is 0.147 e. The SMILES string of the molecule is CCN(CC)c1ccc(ONC)cc1.I. The van der Waals surface area contributed by atoms with E-state index in [-0.39, 0.29) is 24.0 Å². The Kier molecular flexibility index (Phi) is 7.50. The van der Waals surface area contributed by atoms with Gasteiger partial charge in [0.05, 0.1) is 0 Å². The second-order valence-electron chi connectivity index (χ2n) is 2.97. The van der Waals surface area contributed by atoms with Crippen LogP contribution >= 0.6 is 24.0 Å². The van der Waals surface area contributed by atoms with Gasteiger partial charge in [0.15, 0.2) is 0 Å². The molecule has 0 saturated heterocycles. The van der Waals surface area contributed by atoms with E-state index in [1.54, 1.807) is 7.05 Å². The van der Waals surface area contributed by atoms with E-state index in [0.717, 1.165) is 18.8 Å². The number of benzene rings is 1. The van der Waals surface area contributed by atoms with Crippen LogP contribution in [0.4, 0.5) is 5.69 Å². The minimum absolute atomic E-state index is 0. The molecule has 0 saturated carbocycles. The predicted molar refractivity (Wildman–Crippen MR) is 75.1 cm³/mol. The predicted octanol–water partition coefficient (Wildman–Crippen LogP) is 2.66. The summed E-state index contributed by atoms with van der Waals surface area (Å²) in [5, 5.41) is 0. The van der Waals surface area contributed by atoms with Gasteiger partial charge in [-0.05, 0) is 38.1 Å². The van der Waals surface area contributed by atoms with Crippen LogP contribution in [0.5, 0.6) is 5.75 Å². The van der Waals surface area contributed by atoms with Gasteiger partial charge in [0, 0.05) is 25.8 Å². The molecular formula is C11H19IN2O. The van der Waals surface area contributed by atoms with Gasteiger partial charge < -0.3 is 9.74 Å². The van der Waals surface area contributed by atoms with Gasteiger partial charge in [-0.25, -0.2) is 0 Å². The molecule has 0 fully saturated rings. The van der Waals surface area contributed by atoms with E-state index in [4.69, 9.17) is 4.84 Å². The second kappa shape index (κ2) is 7.76. The van der Waals surface area contributed by atoms with Crippen LogP contribution in [-0.4, -0.2) is 20.1 Å². The van der Waals surface area contributed by atoms with Crippen molar-refractivity contribution in [2.75, 3.05) is 25.0 Å². The number of halogens is 1. The monoisotopic (exact) mass is 322 g/mol. The molecule has 1 aromatic carbocycles. The highest BCUT2D eigenvalue weighted by Gasteiger charge is 2.00. The van der Waals surface area contributed by atoms with E-state index >= 15 is 0 Å². The fourth-order valence-electron chi connectivity index (χ4n) is 1.43. The molecule has 15 heavy (non-hydrogen) atoms. The van der Waals surface area contributed by atoms with Crippen LogP contribution in [0, 0.1) is 0 Å². The lowest BCUT2D eigenvalue weighted by Crippen LogP contribution is -2.21. The van der Waals surface area contributed by atoms with Crippen LogP contribution in [0.1, 0.15) is 13.8 Å². The van der Waals surface area contributed by atoms with E-state index in [1.165, 1.54) is 5.69 Å². The van der Waals surface area contributed by atoms with Crippen LogP contribution in [0.15, 0.2) is 24.3 Å². The molecule has 0 amide bonds. The molecule has 0 atom stereocenters. The van der Waals surface area contributed by atoms with Gasteiger partial charge in [-0.1, -0.05) is 0 Å². The fraction of sp³-hybridized carbons (Fsp3) is 0.455. The molecule has 0 aliphatic heterocycles. The number of hydrogen-bond acceptors (Lipinski definition) is 3. The Morgan fingerprint density at radius 2 is 1.67 bits per heavy atom. The Morgan fingerprint density at radius 1 is 1.13 bits per heavy atom. The maximum atomic E-state index is 5.14. The molecule has 0 aromatic heterocycles. The van der Waals surface area contributed by atoms with Gasteiger partial charge in [0.25, 0.3) is 0 Å². The fourth-order valence-corrected chi connectivity index (χ4v) is 1.43. The first-order valence-electron chi connectivity index (χ1n) is 5.00. The number of hydrogen-bond donors (Lipinski definition) is 1. The molecule has 0 heterocycles. The van der Waals surface area contributed by atoms with Gasteiger partial charge >= 0.3 is 0 Å². The molecular weight excluding hydrogens is 303 g/mol. The van der Waals surface area contributed by atoms with E-state index in [9.17, 15) is 0 Å². The molecule has 0 spiro atoms. The van der Waals surface area contributed by atoms with Crippen molar-refractivity contribution in [3.63, 3.8) is 0 Å². The van der Waals surface area contributed by atoms with E-state index in [1.807, 2.05) is 12.1 Å². The number of hydroxylamine groups is 1. The average Bonchev–Trinajstić information content (AvgIpc) is 2.23. The Morgan fingerprint density at radius 3 is 2.07 bits per heavy atom. The molecule has 0 unspecified atom stereocenters. The molecule has 0 aliphatic carbocycles. The lowest BCUT2D eigenvalue weighted by atomic mass is 10.2. The lowest BCUT2D eigenvalue weighted by molar-refractivity contribution is 0.224. The van der Waals surface area contributed by atoms with Crippen LogP contribution in [-0.2, 0) is 0 Å². The zero-order valence-corrected chi connectivity index (χ0v) is 11.8. The van der Waals surface area contributed by atoms with Crippen LogP contribution in [0.25, 0.3) is 0 Å². The van der Waals surface area contributed by atoms with E-state index in [2.05, 4.69) is 36.4 Å². The molecule has 0 aliphatic rings. The largest absolute Gasteiger partial charge is 0.409 e. The van der Waals surface area contributed by atoms with Gasteiger partial charge in [-0.15, -0.1) is 24.0 Å². The van der Waals surface area contributed by atoms with Crippen molar-refractivity contribution in [2.45, 2.75) is 13.8 Å². The highest BCUT2D eigenvalue weighted by Crippen LogP contribution is 2.18. The molecule has 1 N–H and O–H groups in total. The van der Waals surface area contributed by atoms with Crippen molar-refractivity contribution in [2.24, 2.45) is 0 Å². The third-order valence-electron chi connectivity index (χ3n) is 2.19. The normalized spacial score (nSPS) is 9.27. The van der Waals surface area contributed by atoms with Crippen LogP contribution < -0.4 is 15.2 Å². The first kappa shape index (κ1) is 14.5. The summed E-state index contributed by atoms with van der Waals surface area (Å²) in [6.07, 6.45) is 0. The molecule has 3 nitrogen and oxygen atoms in total. The third-order valence-corrected chi connectivity index (χ3v) is 2.19. The summed E-state index contributed by atoms with van der Waals surface area (Å²) in [7, 11) is 1.75. The number of anilines is 1. The number of rotatable bonds is 5. The van der Waals surface area contributed by atoms with Crippen molar-refractivity contribution >= 4 is 29.7 Å². The second-order valence-corrected chi connectivity index (χ2v) is 2.97. The van der Waals surface area contributed by atoms with Crippen LogP contribution in [0.2, 0.25) is 0 Å². The summed E-state index contributed by atoms with van der Waals surface area (Å²) >= 11 is 0. The Balaban J connectivity index is 0.00000196.